The van der Waals surface area contributed by atoms with Crippen molar-refractivity contribution in [2.75, 3.05) is 20.1 Å². The predicted octanol–water partition coefficient (Wildman–Crippen LogP) is 5.06. The Morgan fingerprint density at radius 3 is 2.29 bits per heavy atom. The molecule has 138 valence electrons. The molecular weight excluding hydrogens is 298 g/mol. The fourth-order valence-electron chi connectivity index (χ4n) is 3.23. The van der Waals surface area contributed by atoms with Crippen LogP contribution >= 0.6 is 0 Å². The first-order chi connectivity index (χ1) is 11.5. The maximum atomic E-state index is 11.2. The molecule has 1 N–H and O–H groups in total. The van der Waals surface area contributed by atoms with E-state index in [-0.39, 0.29) is 0 Å². The van der Waals surface area contributed by atoms with Crippen LogP contribution in [0.2, 0.25) is 0 Å². The van der Waals surface area contributed by atoms with E-state index in [1.54, 1.807) is 12.1 Å². The molecule has 1 saturated heterocycles. The highest BCUT2D eigenvalue weighted by molar-refractivity contribution is 5.79. The van der Waals surface area contributed by atoms with E-state index in [9.17, 15) is 4.79 Å². The van der Waals surface area contributed by atoms with Crippen molar-refractivity contribution in [1.82, 2.24) is 4.90 Å². The molecule has 1 saturated carbocycles. The SMILES string of the molecule is CC.CC.CN1CCC2CC(=O)CCC2C1.Cc1cccc(O)c1. The Morgan fingerprint density at radius 1 is 1.08 bits per heavy atom. The van der Waals surface area contributed by atoms with Gasteiger partial charge in [0, 0.05) is 19.4 Å². The molecule has 3 nitrogen and oxygen atoms in total. The largest absolute Gasteiger partial charge is 0.508 e. The van der Waals surface area contributed by atoms with Crippen LogP contribution in [-0.2, 0) is 4.79 Å². The summed E-state index contributed by atoms with van der Waals surface area (Å²) >= 11 is 0. The standard InChI is InChI=1S/C10H17NO.C7H8O.2C2H6/c1-11-5-4-8-6-10(12)3-2-9(8)7-11;1-6-3-2-4-7(8)5-6;2*1-2/h8-9H,2-7H2,1H3;2-5,8H,1H3;2*1-2H3. The summed E-state index contributed by atoms with van der Waals surface area (Å²) in [5.41, 5.74) is 1.09. The second-order valence-electron chi connectivity index (χ2n) is 6.19. The molecule has 0 spiro atoms. The highest BCUT2D eigenvalue weighted by Crippen LogP contribution is 2.33. The van der Waals surface area contributed by atoms with Crippen LogP contribution in [0.4, 0.5) is 0 Å². The number of nitrogens with zero attached hydrogens (tertiary/aromatic N) is 1. The van der Waals surface area contributed by atoms with Crippen molar-refractivity contribution in [3.05, 3.63) is 29.8 Å². The van der Waals surface area contributed by atoms with Crippen LogP contribution < -0.4 is 0 Å². The smallest absolute Gasteiger partial charge is 0.133 e. The Labute approximate surface area is 149 Å². The van der Waals surface area contributed by atoms with Gasteiger partial charge in [0.05, 0.1) is 0 Å². The zero-order valence-corrected chi connectivity index (χ0v) is 16.5. The predicted molar refractivity (Wildman–Crippen MR) is 103 cm³/mol. The van der Waals surface area contributed by atoms with E-state index in [0.717, 1.165) is 36.7 Å². The normalized spacial score (nSPS) is 22.5. The number of aromatic hydroxyl groups is 1. The fraction of sp³-hybridized carbons (Fsp3) is 0.667. The first kappa shape index (κ1) is 22.6. The van der Waals surface area contributed by atoms with Crippen LogP contribution in [0.15, 0.2) is 24.3 Å². The van der Waals surface area contributed by atoms with Gasteiger partial charge in [0.1, 0.15) is 11.5 Å². The molecule has 1 heterocycles. The van der Waals surface area contributed by atoms with Crippen LogP contribution in [0.5, 0.6) is 5.75 Å². The average molecular weight is 336 g/mol. The molecule has 24 heavy (non-hydrogen) atoms. The average Bonchev–Trinajstić information content (AvgIpc) is 2.59. The maximum Gasteiger partial charge on any atom is 0.133 e. The number of carbonyl (C=O) groups is 1. The van der Waals surface area contributed by atoms with Gasteiger partial charge in [0.25, 0.3) is 0 Å². The van der Waals surface area contributed by atoms with Crippen molar-refractivity contribution >= 4 is 5.78 Å². The molecule has 0 aromatic heterocycles. The molecule has 2 atom stereocenters. The summed E-state index contributed by atoms with van der Waals surface area (Å²) < 4.78 is 0. The lowest BCUT2D eigenvalue weighted by molar-refractivity contribution is -0.123. The van der Waals surface area contributed by atoms with Crippen molar-refractivity contribution in [3.8, 4) is 5.75 Å². The molecule has 2 fully saturated rings. The minimum absolute atomic E-state index is 0.338. The van der Waals surface area contributed by atoms with Gasteiger partial charge in [-0.3, -0.25) is 4.79 Å². The van der Waals surface area contributed by atoms with Crippen molar-refractivity contribution in [1.29, 1.82) is 0 Å². The van der Waals surface area contributed by atoms with Crippen LogP contribution in [0, 0.1) is 18.8 Å². The van der Waals surface area contributed by atoms with Gasteiger partial charge in [-0.2, -0.15) is 0 Å². The highest BCUT2D eigenvalue weighted by atomic mass is 16.3. The van der Waals surface area contributed by atoms with Crippen LogP contribution in [0.25, 0.3) is 0 Å². The third kappa shape index (κ3) is 8.49. The van der Waals surface area contributed by atoms with Gasteiger partial charge in [0.2, 0.25) is 0 Å². The molecule has 2 unspecified atom stereocenters. The topological polar surface area (TPSA) is 40.5 Å². The van der Waals surface area contributed by atoms with E-state index < -0.39 is 0 Å². The monoisotopic (exact) mass is 335 g/mol. The number of Topliss-reactive ketones (excluding diaryl/α,β-unsaturated/α-hetero) is 1. The Morgan fingerprint density at radius 2 is 1.75 bits per heavy atom. The number of likely N-dealkylation sites (tertiary alicyclic amines) is 1. The van der Waals surface area contributed by atoms with Gasteiger partial charge >= 0.3 is 0 Å². The van der Waals surface area contributed by atoms with E-state index in [4.69, 9.17) is 5.11 Å². The second-order valence-corrected chi connectivity index (χ2v) is 6.19. The molecule has 0 bridgehead atoms. The number of hydrogen-bond acceptors (Lipinski definition) is 3. The molecular formula is C21H37NO2. The lowest BCUT2D eigenvalue weighted by Crippen LogP contribution is -2.41. The van der Waals surface area contributed by atoms with Gasteiger partial charge in [-0.25, -0.2) is 0 Å². The number of aryl methyl sites for hydroxylation is 1. The molecule has 2 aliphatic rings. The van der Waals surface area contributed by atoms with E-state index >= 15 is 0 Å². The number of piperidine rings is 1. The molecule has 0 amide bonds. The van der Waals surface area contributed by atoms with Crippen molar-refractivity contribution in [2.45, 2.75) is 60.3 Å². The number of ketones is 1. The Hall–Kier alpha value is -1.35. The molecule has 3 rings (SSSR count). The summed E-state index contributed by atoms with van der Waals surface area (Å²) in [6.45, 7) is 12.4. The van der Waals surface area contributed by atoms with E-state index in [2.05, 4.69) is 11.9 Å². The number of rotatable bonds is 0. The number of hydrogen-bond donors (Lipinski definition) is 1. The minimum Gasteiger partial charge on any atom is -0.508 e. The highest BCUT2D eigenvalue weighted by Gasteiger charge is 2.32. The number of fused-ring (bicyclic) bond motifs is 1. The molecule has 1 aliphatic carbocycles. The maximum absolute atomic E-state index is 11.2. The zero-order chi connectivity index (χ0) is 18.5. The quantitative estimate of drug-likeness (QED) is 0.720. The van der Waals surface area contributed by atoms with Crippen molar-refractivity contribution in [3.63, 3.8) is 0 Å². The van der Waals surface area contributed by atoms with Gasteiger partial charge in [-0.1, -0.05) is 39.8 Å². The number of carbonyl (C=O) groups excluding carboxylic acids is 1. The third-order valence-electron chi connectivity index (χ3n) is 4.38. The molecule has 0 radical (unpaired) electrons. The first-order valence-corrected chi connectivity index (χ1v) is 9.50. The van der Waals surface area contributed by atoms with Crippen molar-refractivity contribution < 1.29 is 9.90 Å². The van der Waals surface area contributed by atoms with Gasteiger partial charge in [-0.15, -0.1) is 0 Å². The van der Waals surface area contributed by atoms with Crippen LogP contribution in [-0.4, -0.2) is 35.9 Å². The van der Waals surface area contributed by atoms with E-state index in [1.165, 1.54) is 19.5 Å². The number of benzene rings is 1. The molecule has 3 heteroatoms. The van der Waals surface area contributed by atoms with Gasteiger partial charge < -0.3 is 10.0 Å². The lowest BCUT2D eigenvalue weighted by atomic mass is 9.75. The zero-order valence-electron chi connectivity index (χ0n) is 16.5. The molecule has 1 aromatic carbocycles. The first-order valence-electron chi connectivity index (χ1n) is 9.50. The van der Waals surface area contributed by atoms with Crippen LogP contribution in [0.3, 0.4) is 0 Å². The summed E-state index contributed by atoms with van der Waals surface area (Å²) in [6, 6.07) is 7.15. The van der Waals surface area contributed by atoms with Gasteiger partial charge in [-0.05, 0) is 62.9 Å². The summed E-state index contributed by atoms with van der Waals surface area (Å²) in [5, 5.41) is 8.81. The summed E-state index contributed by atoms with van der Waals surface area (Å²) in [6.07, 6.45) is 4.11. The molecule has 1 aromatic rings. The van der Waals surface area contributed by atoms with E-state index in [0.29, 0.717) is 11.5 Å². The fourth-order valence-corrected chi connectivity index (χ4v) is 3.23. The van der Waals surface area contributed by atoms with Crippen LogP contribution in [0.1, 0.15) is 58.9 Å². The third-order valence-corrected chi connectivity index (χ3v) is 4.38. The molecule has 1 aliphatic heterocycles. The van der Waals surface area contributed by atoms with Gasteiger partial charge in [0.15, 0.2) is 0 Å². The minimum atomic E-state index is 0.338. The van der Waals surface area contributed by atoms with E-state index in [1.807, 2.05) is 46.8 Å². The Kier molecular flexibility index (Phi) is 12.3. The van der Waals surface area contributed by atoms with Crippen molar-refractivity contribution in [2.24, 2.45) is 11.8 Å². The lowest BCUT2D eigenvalue weighted by Gasteiger charge is -2.39. The number of phenolic OH excluding ortho intramolecular Hbond substituents is 1. The Balaban J connectivity index is 0.000000385. The second kappa shape index (κ2) is 13.0. The summed E-state index contributed by atoms with van der Waals surface area (Å²) in [4.78, 5) is 13.6. The Bertz CT molecular complexity index is 442. The summed E-state index contributed by atoms with van der Waals surface area (Å²) in [7, 11) is 2.19. The number of phenols is 1. The summed E-state index contributed by atoms with van der Waals surface area (Å²) in [5.74, 6) is 2.38.